The Hall–Kier alpha value is -0.940. The Balaban J connectivity index is 1.73. The van der Waals surface area contributed by atoms with E-state index in [2.05, 4.69) is 16.8 Å². The Bertz CT molecular complexity index is 330. The van der Waals surface area contributed by atoms with E-state index >= 15 is 0 Å². The lowest BCUT2D eigenvalue weighted by atomic mass is 9.93. The van der Waals surface area contributed by atoms with Crippen molar-refractivity contribution in [3.63, 3.8) is 0 Å². The summed E-state index contributed by atoms with van der Waals surface area (Å²) < 4.78 is 0. The lowest BCUT2D eigenvalue weighted by molar-refractivity contribution is -0.134. The van der Waals surface area contributed by atoms with E-state index in [-0.39, 0.29) is 11.8 Å². The zero-order chi connectivity index (χ0) is 13.8. The second kappa shape index (κ2) is 6.48. The van der Waals surface area contributed by atoms with Crippen molar-refractivity contribution in [2.24, 2.45) is 5.92 Å². The van der Waals surface area contributed by atoms with E-state index in [4.69, 9.17) is 0 Å². The number of piperidine rings is 1. The van der Waals surface area contributed by atoms with E-state index in [0.29, 0.717) is 12.3 Å². The van der Waals surface area contributed by atoms with Gasteiger partial charge in [0.2, 0.25) is 5.91 Å². The van der Waals surface area contributed by atoms with Crippen molar-refractivity contribution < 1.29 is 9.59 Å². The van der Waals surface area contributed by atoms with Crippen molar-refractivity contribution in [2.45, 2.75) is 19.8 Å². The van der Waals surface area contributed by atoms with Crippen LogP contribution < -0.4 is 0 Å². The first-order valence-corrected chi connectivity index (χ1v) is 7.25. The molecular weight excluding hydrogens is 242 g/mol. The molecule has 2 saturated heterocycles. The zero-order valence-electron chi connectivity index (χ0n) is 12.1. The SMILES string of the molecule is CC(=O)C1CCN(CC(=O)N2CCN(C)CC2)CC1. The minimum absolute atomic E-state index is 0.218. The van der Waals surface area contributed by atoms with E-state index in [1.54, 1.807) is 6.92 Å². The number of Topliss-reactive ketones (excluding diaryl/α,β-unsaturated/α-hetero) is 1. The van der Waals surface area contributed by atoms with Crippen molar-refractivity contribution in [1.29, 1.82) is 0 Å². The number of likely N-dealkylation sites (tertiary alicyclic amines) is 1. The highest BCUT2D eigenvalue weighted by Gasteiger charge is 2.25. The van der Waals surface area contributed by atoms with Gasteiger partial charge in [-0.25, -0.2) is 0 Å². The van der Waals surface area contributed by atoms with Crippen LogP contribution in [0.4, 0.5) is 0 Å². The summed E-state index contributed by atoms with van der Waals surface area (Å²) in [5, 5.41) is 0. The molecule has 0 aromatic heterocycles. The summed E-state index contributed by atoms with van der Waals surface area (Å²) in [4.78, 5) is 29.9. The van der Waals surface area contributed by atoms with Crippen molar-refractivity contribution in [2.75, 3.05) is 52.9 Å². The van der Waals surface area contributed by atoms with Gasteiger partial charge in [-0.15, -0.1) is 0 Å². The van der Waals surface area contributed by atoms with Crippen LogP contribution in [-0.4, -0.2) is 79.3 Å². The van der Waals surface area contributed by atoms with Gasteiger partial charge in [0.05, 0.1) is 6.54 Å². The van der Waals surface area contributed by atoms with Crippen LogP contribution in [0.1, 0.15) is 19.8 Å². The maximum atomic E-state index is 12.2. The van der Waals surface area contributed by atoms with Gasteiger partial charge in [0.25, 0.3) is 0 Å². The quantitative estimate of drug-likeness (QED) is 0.725. The number of piperazine rings is 1. The van der Waals surface area contributed by atoms with Crippen LogP contribution in [0.25, 0.3) is 0 Å². The third-order valence-electron chi connectivity index (χ3n) is 4.38. The topological polar surface area (TPSA) is 43.9 Å². The van der Waals surface area contributed by atoms with Crippen LogP contribution >= 0.6 is 0 Å². The molecule has 0 radical (unpaired) electrons. The van der Waals surface area contributed by atoms with Crippen molar-refractivity contribution in [3.05, 3.63) is 0 Å². The van der Waals surface area contributed by atoms with E-state index in [0.717, 1.165) is 52.1 Å². The molecule has 2 rings (SSSR count). The molecule has 2 aliphatic rings. The Morgan fingerprint density at radius 2 is 1.58 bits per heavy atom. The normalized spacial score (nSPS) is 23.6. The molecule has 2 fully saturated rings. The summed E-state index contributed by atoms with van der Waals surface area (Å²) in [6.07, 6.45) is 1.82. The number of carbonyl (C=O) groups is 2. The van der Waals surface area contributed by atoms with Crippen LogP contribution in [0.2, 0.25) is 0 Å². The molecule has 2 aliphatic heterocycles. The van der Waals surface area contributed by atoms with E-state index in [1.807, 2.05) is 4.90 Å². The first-order chi connectivity index (χ1) is 9.06. The van der Waals surface area contributed by atoms with E-state index in [1.165, 1.54) is 0 Å². The highest BCUT2D eigenvalue weighted by atomic mass is 16.2. The van der Waals surface area contributed by atoms with Crippen LogP contribution in [0, 0.1) is 5.92 Å². The highest BCUT2D eigenvalue weighted by Crippen LogP contribution is 2.17. The maximum absolute atomic E-state index is 12.2. The standard InChI is InChI=1S/C14H25N3O2/c1-12(18)13-3-5-16(6-4-13)11-14(19)17-9-7-15(2)8-10-17/h13H,3-11H2,1-2H3. The minimum Gasteiger partial charge on any atom is -0.339 e. The monoisotopic (exact) mass is 267 g/mol. The number of rotatable bonds is 3. The molecule has 19 heavy (non-hydrogen) atoms. The van der Waals surface area contributed by atoms with Gasteiger partial charge in [-0.1, -0.05) is 0 Å². The Labute approximate surface area is 115 Å². The van der Waals surface area contributed by atoms with Gasteiger partial charge in [0.15, 0.2) is 0 Å². The van der Waals surface area contributed by atoms with Crippen LogP contribution in [-0.2, 0) is 9.59 Å². The summed E-state index contributed by atoms with van der Waals surface area (Å²) in [5.41, 5.74) is 0. The maximum Gasteiger partial charge on any atom is 0.236 e. The molecular formula is C14H25N3O2. The summed E-state index contributed by atoms with van der Waals surface area (Å²) in [7, 11) is 2.09. The van der Waals surface area contributed by atoms with E-state index in [9.17, 15) is 9.59 Å². The van der Waals surface area contributed by atoms with Gasteiger partial charge < -0.3 is 9.80 Å². The number of hydrogen-bond acceptors (Lipinski definition) is 4. The number of carbonyl (C=O) groups excluding carboxylic acids is 2. The van der Waals surface area contributed by atoms with Crippen LogP contribution in [0.5, 0.6) is 0 Å². The van der Waals surface area contributed by atoms with Crippen molar-refractivity contribution in [3.8, 4) is 0 Å². The molecule has 0 N–H and O–H groups in total. The molecule has 0 aromatic rings. The smallest absolute Gasteiger partial charge is 0.236 e. The molecule has 108 valence electrons. The number of amides is 1. The fraction of sp³-hybridized carbons (Fsp3) is 0.857. The number of ketones is 1. The van der Waals surface area contributed by atoms with Gasteiger partial charge in [0.1, 0.15) is 5.78 Å². The van der Waals surface area contributed by atoms with Gasteiger partial charge >= 0.3 is 0 Å². The number of likely N-dealkylation sites (N-methyl/N-ethyl adjacent to an activating group) is 1. The summed E-state index contributed by atoms with van der Waals surface area (Å²) in [6, 6.07) is 0. The molecule has 0 aliphatic carbocycles. The molecule has 5 nitrogen and oxygen atoms in total. The molecule has 0 bridgehead atoms. The molecule has 0 unspecified atom stereocenters. The van der Waals surface area contributed by atoms with Crippen molar-refractivity contribution >= 4 is 11.7 Å². The van der Waals surface area contributed by atoms with Crippen LogP contribution in [0.15, 0.2) is 0 Å². The third kappa shape index (κ3) is 4.01. The molecule has 2 heterocycles. The van der Waals surface area contributed by atoms with E-state index < -0.39 is 0 Å². The van der Waals surface area contributed by atoms with Gasteiger partial charge in [-0.3, -0.25) is 14.5 Å². The average molecular weight is 267 g/mol. The molecule has 1 amide bonds. The summed E-state index contributed by atoms with van der Waals surface area (Å²) >= 11 is 0. The zero-order valence-corrected chi connectivity index (χ0v) is 12.1. The molecule has 0 atom stereocenters. The van der Waals surface area contributed by atoms with Crippen LogP contribution in [0.3, 0.4) is 0 Å². The second-order valence-electron chi connectivity index (χ2n) is 5.85. The largest absolute Gasteiger partial charge is 0.339 e. The van der Waals surface area contributed by atoms with Gasteiger partial charge in [-0.2, -0.15) is 0 Å². The molecule has 0 aromatic carbocycles. The van der Waals surface area contributed by atoms with Gasteiger partial charge in [-0.05, 0) is 39.9 Å². The van der Waals surface area contributed by atoms with Crippen molar-refractivity contribution in [1.82, 2.24) is 14.7 Å². The Kier molecular flexibility index (Phi) is 4.93. The fourth-order valence-corrected chi connectivity index (χ4v) is 2.84. The fourth-order valence-electron chi connectivity index (χ4n) is 2.84. The summed E-state index contributed by atoms with van der Waals surface area (Å²) in [5.74, 6) is 0.759. The number of hydrogen-bond donors (Lipinski definition) is 0. The molecule has 0 spiro atoms. The summed E-state index contributed by atoms with van der Waals surface area (Å²) in [6.45, 7) is 7.59. The third-order valence-corrected chi connectivity index (χ3v) is 4.38. The molecule has 0 saturated carbocycles. The van der Waals surface area contributed by atoms with Gasteiger partial charge in [0, 0.05) is 32.1 Å². The highest BCUT2D eigenvalue weighted by molar-refractivity contribution is 5.79. The Morgan fingerprint density at radius 1 is 1.00 bits per heavy atom. The number of nitrogens with zero attached hydrogens (tertiary/aromatic N) is 3. The molecule has 5 heteroatoms. The second-order valence-corrected chi connectivity index (χ2v) is 5.85. The first kappa shape index (κ1) is 14.5. The lowest BCUT2D eigenvalue weighted by Crippen LogP contribution is -2.51. The first-order valence-electron chi connectivity index (χ1n) is 7.25. The predicted molar refractivity (Wildman–Crippen MR) is 73.9 cm³/mol. The Morgan fingerprint density at radius 3 is 2.11 bits per heavy atom. The average Bonchev–Trinajstić information content (AvgIpc) is 2.40. The predicted octanol–water partition coefficient (Wildman–Crippen LogP) is 0.0614. The minimum atomic E-state index is 0.218. The lowest BCUT2D eigenvalue weighted by Gasteiger charge is -2.35.